The lowest BCUT2D eigenvalue weighted by Gasteiger charge is -2.26. The normalized spacial score (nSPS) is 11.1. The number of nitrogens with one attached hydrogen (secondary N) is 1. The summed E-state index contributed by atoms with van der Waals surface area (Å²) in [5.41, 5.74) is -1.18. The lowest BCUT2D eigenvalue weighted by molar-refractivity contribution is -0.422. The molecule has 0 saturated heterocycles. The van der Waals surface area contributed by atoms with Gasteiger partial charge in [0, 0.05) is 30.0 Å². The Hall–Kier alpha value is -2.22. The predicted molar refractivity (Wildman–Crippen MR) is 69.2 cm³/mol. The summed E-state index contributed by atoms with van der Waals surface area (Å²) in [5.74, 6) is 0. The average Bonchev–Trinajstić information content (AvgIpc) is 2.27. The Morgan fingerprint density at radius 1 is 1.21 bits per heavy atom. The van der Waals surface area contributed by atoms with Crippen LogP contribution in [0.25, 0.3) is 0 Å². The molecule has 0 saturated carbocycles. The summed E-state index contributed by atoms with van der Waals surface area (Å²) in [5, 5.41) is 33.4. The Morgan fingerprint density at radius 3 is 2.26 bits per heavy atom. The highest BCUT2D eigenvalue weighted by molar-refractivity contribution is 5.62. The smallest absolute Gasteiger partial charge is 0.348 e. The van der Waals surface area contributed by atoms with Crippen LogP contribution >= 0.6 is 0 Å². The minimum absolute atomic E-state index is 0.0327. The highest BCUT2D eigenvalue weighted by Gasteiger charge is 2.25. The van der Waals surface area contributed by atoms with Crippen LogP contribution in [0.5, 0.6) is 0 Å². The Morgan fingerprint density at radius 2 is 1.79 bits per heavy atom. The summed E-state index contributed by atoms with van der Waals surface area (Å²) in [7, 11) is 0. The second-order valence-corrected chi connectivity index (χ2v) is 4.70. The van der Waals surface area contributed by atoms with Crippen LogP contribution in [0.2, 0.25) is 0 Å². The molecule has 19 heavy (non-hydrogen) atoms. The Kier molecular flexibility index (Phi) is 4.38. The molecule has 1 aromatic rings. The summed E-state index contributed by atoms with van der Waals surface area (Å²) in [6.07, 6.45) is 0.442. The van der Waals surface area contributed by atoms with Crippen LogP contribution < -0.4 is 5.32 Å². The first-order chi connectivity index (χ1) is 8.76. The molecule has 0 fully saturated rings. The molecule has 104 valence electrons. The van der Waals surface area contributed by atoms with Gasteiger partial charge in [-0.05, 0) is 26.3 Å². The van der Waals surface area contributed by atoms with E-state index in [0.717, 1.165) is 12.1 Å². The quantitative estimate of drug-likeness (QED) is 0.602. The van der Waals surface area contributed by atoms with Gasteiger partial charge >= 0.3 is 11.4 Å². The third-order valence-electron chi connectivity index (χ3n) is 2.59. The zero-order valence-corrected chi connectivity index (χ0v) is 10.6. The van der Waals surface area contributed by atoms with Crippen molar-refractivity contribution in [3.63, 3.8) is 0 Å². The van der Waals surface area contributed by atoms with E-state index in [4.69, 9.17) is 5.11 Å². The van der Waals surface area contributed by atoms with Gasteiger partial charge in [-0.3, -0.25) is 20.2 Å². The molecule has 0 unspecified atom stereocenters. The Bertz CT molecular complexity index is 501. The van der Waals surface area contributed by atoms with E-state index in [-0.39, 0.29) is 6.61 Å². The number of nitro benzene ring substituents is 2. The lowest BCUT2D eigenvalue weighted by Crippen LogP contribution is -2.31. The number of hydrogen-bond acceptors (Lipinski definition) is 6. The molecule has 0 spiro atoms. The van der Waals surface area contributed by atoms with Crippen LogP contribution in [0.4, 0.5) is 17.1 Å². The number of aliphatic hydroxyl groups excluding tert-OH is 1. The fourth-order valence-corrected chi connectivity index (χ4v) is 1.63. The third-order valence-corrected chi connectivity index (χ3v) is 2.59. The van der Waals surface area contributed by atoms with Gasteiger partial charge < -0.3 is 10.4 Å². The molecule has 0 aliphatic carbocycles. The molecule has 0 amide bonds. The van der Waals surface area contributed by atoms with Crippen molar-refractivity contribution in [2.75, 3.05) is 11.9 Å². The zero-order chi connectivity index (χ0) is 14.6. The number of rotatable bonds is 6. The fourth-order valence-electron chi connectivity index (χ4n) is 1.63. The molecule has 8 nitrogen and oxygen atoms in total. The SMILES string of the molecule is CC(C)(CCO)Nc1ccc([N+](=O)[O-])c([N+](=O)[O-])c1. The van der Waals surface area contributed by atoms with Gasteiger partial charge in [-0.1, -0.05) is 0 Å². The molecular formula is C11H15N3O5. The maximum atomic E-state index is 10.8. The van der Waals surface area contributed by atoms with Gasteiger partial charge in [0.1, 0.15) is 0 Å². The van der Waals surface area contributed by atoms with Gasteiger partial charge in [0.2, 0.25) is 0 Å². The predicted octanol–water partition coefficient (Wildman–Crippen LogP) is 2.08. The minimum atomic E-state index is -0.791. The van der Waals surface area contributed by atoms with Crippen molar-refractivity contribution in [3.05, 3.63) is 38.4 Å². The first-order valence-electron chi connectivity index (χ1n) is 5.59. The van der Waals surface area contributed by atoms with Crippen LogP contribution in [0.3, 0.4) is 0 Å². The number of anilines is 1. The lowest BCUT2D eigenvalue weighted by atomic mass is 10.0. The van der Waals surface area contributed by atoms with E-state index >= 15 is 0 Å². The van der Waals surface area contributed by atoms with Crippen LogP contribution in [0.15, 0.2) is 18.2 Å². The molecule has 8 heteroatoms. The number of aliphatic hydroxyl groups is 1. The molecule has 0 heterocycles. The van der Waals surface area contributed by atoms with Crippen LogP contribution in [0.1, 0.15) is 20.3 Å². The highest BCUT2D eigenvalue weighted by atomic mass is 16.6. The van der Waals surface area contributed by atoms with Gasteiger partial charge in [-0.15, -0.1) is 0 Å². The molecule has 0 atom stereocenters. The summed E-state index contributed by atoms with van der Waals surface area (Å²) < 4.78 is 0. The average molecular weight is 269 g/mol. The third kappa shape index (κ3) is 3.88. The Balaban J connectivity index is 3.09. The maximum absolute atomic E-state index is 10.8. The molecule has 1 aromatic carbocycles. The van der Waals surface area contributed by atoms with Gasteiger partial charge in [0.15, 0.2) is 0 Å². The summed E-state index contributed by atoms with van der Waals surface area (Å²) >= 11 is 0. The van der Waals surface area contributed by atoms with Crippen molar-refractivity contribution in [2.24, 2.45) is 0 Å². The van der Waals surface area contributed by atoms with Crippen LogP contribution in [0, 0.1) is 20.2 Å². The van der Waals surface area contributed by atoms with Gasteiger partial charge in [-0.25, -0.2) is 0 Å². The first kappa shape index (κ1) is 14.8. The van der Waals surface area contributed by atoms with E-state index in [2.05, 4.69) is 5.32 Å². The number of nitrogens with zero attached hydrogens (tertiary/aromatic N) is 2. The van der Waals surface area contributed by atoms with E-state index in [1.807, 2.05) is 13.8 Å². The minimum Gasteiger partial charge on any atom is -0.396 e. The monoisotopic (exact) mass is 269 g/mol. The fraction of sp³-hybridized carbons (Fsp3) is 0.455. The van der Waals surface area contributed by atoms with Gasteiger partial charge in [-0.2, -0.15) is 0 Å². The van der Waals surface area contributed by atoms with Crippen molar-refractivity contribution in [1.82, 2.24) is 0 Å². The van der Waals surface area contributed by atoms with E-state index in [9.17, 15) is 20.2 Å². The zero-order valence-electron chi connectivity index (χ0n) is 10.6. The second-order valence-electron chi connectivity index (χ2n) is 4.70. The Labute approximate surface area is 109 Å². The molecule has 1 rings (SSSR count). The number of benzene rings is 1. The number of hydrogen-bond donors (Lipinski definition) is 2. The van der Waals surface area contributed by atoms with E-state index in [0.29, 0.717) is 12.1 Å². The van der Waals surface area contributed by atoms with Crippen LogP contribution in [-0.2, 0) is 0 Å². The van der Waals surface area contributed by atoms with Crippen molar-refractivity contribution in [3.8, 4) is 0 Å². The van der Waals surface area contributed by atoms with Crippen molar-refractivity contribution in [2.45, 2.75) is 25.8 Å². The topological polar surface area (TPSA) is 119 Å². The summed E-state index contributed by atoms with van der Waals surface area (Å²) in [6, 6.07) is 3.62. The van der Waals surface area contributed by atoms with Crippen molar-refractivity contribution >= 4 is 17.1 Å². The van der Waals surface area contributed by atoms with E-state index in [1.54, 1.807) is 0 Å². The highest BCUT2D eigenvalue weighted by Crippen LogP contribution is 2.31. The van der Waals surface area contributed by atoms with Gasteiger partial charge in [0.25, 0.3) is 0 Å². The van der Waals surface area contributed by atoms with Gasteiger partial charge in [0.05, 0.1) is 9.85 Å². The summed E-state index contributed by atoms with van der Waals surface area (Å²) in [6.45, 7) is 3.60. The maximum Gasteiger partial charge on any atom is 0.348 e. The first-order valence-corrected chi connectivity index (χ1v) is 5.59. The summed E-state index contributed by atoms with van der Waals surface area (Å²) in [4.78, 5) is 19.9. The van der Waals surface area contributed by atoms with Crippen LogP contribution in [-0.4, -0.2) is 27.1 Å². The molecule has 0 aromatic heterocycles. The molecule has 0 aliphatic heterocycles. The van der Waals surface area contributed by atoms with Crippen molar-refractivity contribution in [1.29, 1.82) is 0 Å². The molecule has 2 N–H and O–H groups in total. The van der Waals surface area contributed by atoms with E-state index in [1.165, 1.54) is 6.07 Å². The molecule has 0 aliphatic rings. The van der Waals surface area contributed by atoms with E-state index < -0.39 is 26.8 Å². The molecule has 0 bridgehead atoms. The largest absolute Gasteiger partial charge is 0.396 e. The molecule has 0 radical (unpaired) electrons. The molecular weight excluding hydrogens is 254 g/mol. The standard InChI is InChI=1S/C11H15N3O5/c1-11(2,5-6-15)12-8-3-4-9(13(16)17)10(7-8)14(18)19/h3-4,7,12,15H,5-6H2,1-2H3. The van der Waals surface area contributed by atoms with Crippen molar-refractivity contribution < 1.29 is 15.0 Å². The number of nitro groups is 2. The second kappa shape index (κ2) is 5.61.